The third-order valence-corrected chi connectivity index (χ3v) is 3.09. The van der Waals surface area contributed by atoms with E-state index in [0.29, 0.717) is 0 Å². The second-order valence-corrected chi connectivity index (χ2v) is 3.67. The first-order valence-corrected chi connectivity index (χ1v) is 4.41. The zero-order valence-corrected chi connectivity index (χ0v) is 6.16. The molecule has 0 bridgehead atoms. The van der Waals surface area contributed by atoms with Gasteiger partial charge in [-0.15, -0.1) is 0 Å². The van der Waals surface area contributed by atoms with E-state index in [1.807, 2.05) is 11.8 Å². The summed E-state index contributed by atoms with van der Waals surface area (Å²) in [5.41, 5.74) is 7.64. The third kappa shape index (κ3) is 0.792. The van der Waals surface area contributed by atoms with E-state index >= 15 is 0 Å². The largest absolute Gasteiger partial charge is 0.264 e. The summed E-state index contributed by atoms with van der Waals surface area (Å²) >= 11 is 1.86. The number of nitrogens with two attached hydrogens (primary N) is 1. The van der Waals surface area contributed by atoms with E-state index in [1.165, 1.54) is 25.1 Å². The zero-order chi connectivity index (χ0) is 6.27. The molecule has 0 radical (unpaired) electrons. The fraction of sp³-hybridized carbons (Fsp3) is 0.833. The summed E-state index contributed by atoms with van der Waals surface area (Å²) in [6, 6.07) is 0. The van der Waals surface area contributed by atoms with Gasteiger partial charge in [0.2, 0.25) is 0 Å². The Morgan fingerprint density at radius 3 is 3.33 bits per heavy atom. The minimum absolute atomic E-state index is 0.280. The van der Waals surface area contributed by atoms with Crippen LogP contribution in [0.5, 0.6) is 0 Å². The van der Waals surface area contributed by atoms with Crippen molar-refractivity contribution in [3.8, 4) is 0 Å². The average Bonchev–Trinajstić information content (AvgIpc) is 2.35. The van der Waals surface area contributed by atoms with Crippen molar-refractivity contribution in [3.05, 3.63) is 0 Å². The molecule has 0 saturated carbocycles. The number of nitrogens with zero attached hydrogens (tertiary/aromatic N) is 1. The Morgan fingerprint density at radius 1 is 1.67 bits per heavy atom. The molecule has 0 aliphatic carbocycles. The number of rotatable bonds is 0. The van der Waals surface area contributed by atoms with Gasteiger partial charge in [-0.3, -0.25) is 5.73 Å². The molecule has 2 heterocycles. The third-order valence-electron chi connectivity index (χ3n) is 2.00. The molecule has 0 aromatic rings. The minimum atomic E-state index is 0.280. The number of hydrogen-bond acceptors (Lipinski definition) is 2. The van der Waals surface area contributed by atoms with E-state index in [4.69, 9.17) is 5.73 Å². The first kappa shape index (κ1) is 5.74. The maximum absolute atomic E-state index is 5.79. The van der Waals surface area contributed by atoms with Gasteiger partial charge in [0.15, 0.2) is 5.71 Å². The van der Waals surface area contributed by atoms with Crippen LogP contribution < -0.4 is 5.73 Å². The van der Waals surface area contributed by atoms with Crippen molar-refractivity contribution >= 4 is 17.5 Å². The standard InChI is InChI=1S/C6H11N2S/c7-6-8-3-1-2-5(8)4-9-6/h6H,1-4,7H2/q+1. The highest BCUT2D eigenvalue weighted by atomic mass is 32.2. The van der Waals surface area contributed by atoms with Crippen LogP contribution >= 0.6 is 11.8 Å². The monoisotopic (exact) mass is 143 g/mol. The van der Waals surface area contributed by atoms with Crippen LogP contribution in [0, 0.1) is 0 Å². The lowest BCUT2D eigenvalue weighted by atomic mass is 10.3. The van der Waals surface area contributed by atoms with Gasteiger partial charge in [0, 0.05) is 12.8 Å². The molecule has 0 spiro atoms. The van der Waals surface area contributed by atoms with Crippen LogP contribution in [0.4, 0.5) is 0 Å². The summed E-state index contributed by atoms with van der Waals surface area (Å²) in [5, 5.41) is 0. The summed E-state index contributed by atoms with van der Waals surface area (Å²) in [7, 11) is 0. The lowest BCUT2D eigenvalue weighted by molar-refractivity contribution is -0.530. The molecule has 0 aromatic carbocycles. The highest BCUT2D eigenvalue weighted by Gasteiger charge is 2.33. The van der Waals surface area contributed by atoms with Crippen molar-refractivity contribution in [1.29, 1.82) is 0 Å². The van der Waals surface area contributed by atoms with Crippen LogP contribution in [-0.2, 0) is 0 Å². The number of hydrogen-bond donors (Lipinski definition) is 1. The van der Waals surface area contributed by atoms with Gasteiger partial charge in [0.1, 0.15) is 6.54 Å². The van der Waals surface area contributed by atoms with Crippen molar-refractivity contribution < 1.29 is 4.58 Å². The molecular weight excluding hydrogens is 132 g/mol. The molecule has 2 rings (SSSR count). The molecule has 50 valence electrons. The Bertz CT molecular complexity index is 164. The molecule has 2 aliphatic rings. The van der Waals surface area contributed by atoms with Crippen molar-refractivity contribution in [2.24, 2.45) is 5.73 Å². The van der Waals surface area contributed by atoms with Crippen LogP contribution in [0.1, 0.15) is 12.8 Å². The predicted molar refractivity (Wildman–Crippen MR) is 39.8 cm³/mol. The Kier molecular flexibility index (Phi) is 1.27. The van der Waals surface area contributed by atoms with E-state index in [0.717, 1.165) is 0 Å². The van der Waals surface area contributed by atoms with Gasteiger partial charge in [-0.05, 0) is 0 Å². The SMILES string of the molecule is NC1SCC2=[N+]1CCC2. The minimum Gasteiger partial charge on any atom is -0.264 e. The van der Waals surface area contributed by atoms with Gasteiger partial charge in [-0.2, -0.15) is 0 Å². The summed E-state index contributed by atoms with van der Waals surface area (Å²) in [6.45, 7) is 1.20. The van der Waals surface area contributed by atoms with Crippen LogP contribution in [-0.4, -0.2) is 28.1 Å². The van der Waals surface area contributed by atoms with Gasteiger partial charge < -0.3 is 0 Å². The molecule has 1 atom stereocenters. The molecule has 0 aromatic heterocycles. The second kappa shape index (κ2) is 1.99. The van der Waals surface area contributed by atoms with Crippen LogP contribution in [0.25, 0.3) is 0 Å². The van der Waals surface area contributed by atoms with Gasteiger partial charge >= 0.3 is 0 Å². The number of thioether (sulfide) groups is 1. The topological polar surface area (TPSA) is 29.0 Å². The average molecular weight is 143 g/mol. The Hall–Kier alpha value is -0.0200. The fourth-order valence-corrected chi connectivity index (χ4v) is 2.60. The summed E-state index contributed by atoms with van der Waals surface area (Å²) in [4.78, 5) is 0. The molecule has 2 N–H and O–H groups in total. The van der Waals surface area contributed by atoms with E-state index in [9.17, 15) is 0 Å². The van der Waals surface area contributed by atoms with Crippen molar-refractivity contribution in [2.75, 3.05) is 12.3 Å². The van der Waals surface area contributed by atoms with Crippen molar-refractivity contribution in [2.45, 2.75) is 18.3 Å². The van der Waals surface area contributed by atoms with Crippen molar-refractivity contribution in [1.82, 2.24) is 0 Å². The van der Waals surface area contributed by atoms with Gasteiger partial charge in [-0.1, -0.05) is 11.8 Å². The first-order valence-electron chi connectivity index (χ1n) is 3.36. The highest BCUT2D eigenvalue weighted by molar-refractivity contribution is 8.00. The van der Waals surface area contributed by atoms with Gasteiger partial charge in [0.05, 0.1) is 5.75 Å². The van der Waals surface area contributed by atoms with Gasteiger partial charge in [0.25, 0.3) is 5.50 Å². The van der Waals surface area contributed by atoms with Crippen LogP contribution in [0.3, 0.4) is 0 Å². The van der Waals surface area contributed by atoms with Crippen LogP contribution in [0.2, 0.25) is 0 Å². The molecule has 2 nitrogen and oxygen atoms in total. The summed E-state index contributed by atoms with van der Waals surface area (Å²) in [6.07, 6.45) is 2.62. The van der Waals surface area contributed by atoms with E-state index in [2.05, 4.69) is 4.58 Å². The molecule has 0 fully saturated rings. The molecule has 0 saturated heterocycles. The normalized spacial score (nSPS) is 33.7. The summed E-state index contributed by atoms with van der Waals surface area (Å²) in [5.74, 6) is 1.18. The van der Waals surface area contributed by atoms with Crippen molar-refractivity contribution in [3.63, 3.8) is 0 Å². The van der Waals surface area contributed by atoms with E-state index in [1.54, 1.807) is 5.71 Å². The maximum Gasteiger partial charge on any atom is 0.252 e. The molecule has 2 aliphatic heterocycles. The second-order valence-electron chi connectivity index (χ2n) is 2.56. The zero-order valence-electron chi connectivity index (χ0n) is 5.34. The Labute approximate surface area is 59.1 Å². The molecule has 0 amide bonds. The van der Waals surface area contributed by atoms with Crippen LogP contribution in [0.15, 0.2) is 0 Å². The maximum atomic E-state index is 5.79. The predicted octanol–water partition coefficient (Wildman–Crippen LogP) is 0.223. The molecular formula is C6H11N2S+. The Morgan fingerprint density at radius 2 is 2.56 bits per heavy atom. The van der Waals surface area contributed by atoms with E-state index in [-0.39, 0.29) is 5.50 Å². The summed E-state index contributed by atoms with van der Waals surface area (Å²) < 4.78 is 2.34. The molecule has 9 heavy (non-hydrogen) atoms. The highest BCUT2D eigenvalue weighted by Crippen LogP contribution is 2.22. The Balaban J connectivity index is 2.24. The van der Waals surface area contributed by atoms with E-state index < -0.39 is 0 Å². The molecule has 1 unspecified atom stereocenters. The first-order chi connectivity index (χ1) is 4.38. The smallest absolute Gasteiger partial charge is 0.252 e. The lowest BCUT2D eigenvalue weighted by Gasteiger charge is -1.98. The quantitative estimate of drug-likeness (QED) is 0.492. The van der Waals surface area contributed by atoms with Gasteiger partial charge in [-0.25, -0.2) is 4.58 Å². The fourth-order valence-electron chi connectivity index (χ4n) is 1.49. The molecule has 3 heteroatoms. The lowest BCUT2D eigenvalue weighted by Crippen LogP contribution is -2.27.